The number of rotatable bonds is 6. The summed E-state index contributed by atoms with van der Waals surface area (Å²) in [6.45, 7) is 9.54. The molecule has 2 aromatic carbocycles. The molecule has 194 valence electrons. The van der Waals surface area contributed by atoms with Crippen molar-refractivity contribution >= 4 is 5.91 Å². The van der Waals surface area contributed by atoms with Crippen molar-refractivity contribution in [2.24, 2.45) is 5.92 Å². The minimum atomic E-state index is -0.414. The molecule has 0 unspecified atom stereocenters. The first-order valence-corrected chi connectivity index (χ1v) is 13.4. The van der Waals surface area contributed by atoms with Crippen molar-refractivity contribution in [3.8, 4) is 5.75 Å². The third kappa shape index (κ3) is 5.90. The molecule has 0 N–H and O–H groups in total. The fourth-order valence-electron chi connectivity index (χ4n) is 5.87. The van der Waals surface area contributed by atoms with Gasteiger partial charge in [0.1, 0.15) is 17.7 Å². The molecule has 0 aromatic heterocycles. The summed E-state index contributed by atoms with van der Waals surface area (Å²) >= 11 is 0. The molecule has 7 heteroatoms. The zero-order valence-electron chi connectivity index (χ0n) is 21.3. The summed E-state index contributed by atoms with van der Waals surface area (Å²) in [5.41, 5.74) is 1.63. The van der Waals surface area contributed by atoms with Gasteiger partial charge in [-0.25, -0.2) is 4.39 Å². The van der Waals surface area contributed by atoms with Crippen molar-refractivity contribution in [2.75, 3.05) is 52.5 Å². The molecule has 1 amide bonds. The van der Waals surface area contributed by atoms with Crippen LogP contribution in [0.5, 0.6) is 5.75 Å². The molecule has 0 radical (unpaired) electrons. The predicted octanol–water partition coefficient (Wildman–Crippen LogP) is 4.11. The van der Waals surface area contributed by atoms with E-state index in [1.54, 1.807) is 12.1 Å². The van der Waals surface area contributed by atoms with Crippen molar-refractivity contribution in [3.63, 3.8) is 0 Å². The lowest BCUT2D eigenvalue weighted by Gasteiger charge is -2.41. The molecule has 3 aliphatic heterocycles. The number of fused-ring (bicyclic) bond motifs is 1. The van der Waals surface area contributed by atoms with Crippen LogP contribution in [0.25, 0.3) is 0 Å². The summed E-state index contributed by atoms with van der Waals surface area (Å²) in [5.74, 6) is 1.38. The van der Waals surface area contributed by atoms with E-state index in [0.29, 0.717) is 43.6 Å². The maximum Gasteiger partial charge on any atom is 0.223 e. The van der Waals surface area contributed by atoms with Crippen molar-refractivity contribution in [1.29, 1.82) is 0 Å². The number of benzene rings is 2. The van der Waals surface area contributed by atoms with Crippen LogP contribution >= 0.6 is 0 Å². The number of morpholine rings is 1. The molecule has 3 aliphatic rings. The smallest absolute Gasteiger partial charge is 0.223 e. The highest BCUT2D eigenvalue weighted by molar-refractivity contribution is 5.76. The fraction of sp³-hybridized carbons (Fsp3) is 0.552. The van der Waals surface area contributed by atoms with Gasteiger partial charge in [0.15, 0.2) is 0 Å². The third-order valence-electron chi connectivity index (χ3n) is 8.15. The van der Waals surface area contributed by atoms with E-state index in [1.807, 2.05) is 35.2 Å². The molecule has 36 heavy (non-hydrogen) atoms. The maximum atomic E-state index is 14.6. The molecule has 0 aliphatic carbocycles. The van der Waals surface area contributed by atoms with E-state index in [4.69, 9.17) is 9.47 Å². The third-order valence-corrected chi connectivity index (χ3v) is 8.15. The first-order chi connectivity index (χ1) is 17.6. The molecule has 2 aromatic rings. The molecule has 2 fully saturated rings. The Labute approximate surface area is 214 Å². The van der Waals surface area contributed by atoms with Gasteiger partial charge in [0, 0.05) is 69.4 Å². The van der Waals surface area contributed by atoms with Crippen LogP contribution in [0.2, 0.25) is 0 Å². The maximum absolute atomic E-state index is 14.6. The first-order valence-electron chi connectivity index (χ1n) is 13.4. The lowest BCUT2D eigenvalue weighted by atomic mass is 9.89. The number of hydrogen-bond acceptors (Lipinski definition) is 5. The van der Waals surface area contributed by atoms with Gasteiger partial charge in [-0.1, -0.05) is 36.4 Å². The molecule has 2 atom stereocenters. The minimum Gasteiger partial charge on any atom is -0.484 e. The van der Waals surface area contributed by atoms with Crippen LogP contribution in [0.4, 0.5) is 4.39 Å². The van der Waals surface area contributed by atoms with E-state index in [0.717, 1.165) is 63.5 Å². The van der Waals surface area contributed by atoms with Crippen molar-refractivity contribution < 1.29 is 18.7 Å². The monoisotopic (exact) mass is 495 g/mol. The van der Waals surface area contributed by atoms with Gasteiger partial charge >= 0.3 is 0 Å². The van der Waals surface area contributed by atoms with Crippen molar-refractivity contribution in [3.05, 3.63) is 65.5 Å². The fourth-order valence-corrected chi connectivity index (χ4v) is 5.87. The zero-order valence-corrected chi connectivity index (χ0v) is 21.3. The van der Waals surface area contributed by atoms with Crippen LogP contribution in [-0.4, -0.2) is 79.1 Å². The Morgan fingerprint density at radius 1 is 1.03 bits per heavy atom. The number of amides is 1. The number of hydrogen-bond donors (Lipinski definition) is 0. The van der Waals surface area contributed by atoms with Crippen LogP contribution in [0.1, 0.15) is 43.4 Å². The van der Waals surface area contributed by atoms with E-state index >= 15 is 0 Å². The van der Waals surface area contributed by atoms with Crippen LogP contribution in [0.3, 0.4) is 0 Å². The molecule has 0 spiro atoms. The summed E-state index contributed by atoms with van der Waals surface area (Å²) in [6.07, 6.45) is 2.17. The molecular formula is C29H38FN3O3. The quantitative estimate of drug-likeness (QED) is 0.604. The number of nitrogens with zero attached hydrogens (tertiary/aromatic N) is 3. The Bertz CT molecular complexity index is 1020. The average molecular weight is 496 g/mol. The van der Waals surface area contributed by atoms with Gasteiger partial charge in [-0.3, -0.25) is 14.6 Å². The van der Waals surface area contributed by atoms with Gasteiger partial charge in [-0.05, 0) is 37.8 Å². The molecule has 0 saturated carbocycles. The predicted molar refractivity (Wildman–Crippen MR) is 137 cm³/mol. The summed E-state index contributed by atoms with van der Waals surface area (Å²) < 4.78 is 26.4. The lowest BCUT2D eigenvalue weighted by molar-refractivity contribution is -0.133. The van der Waals surface area contributed by atoms with E-state index in [9.17, 15) is 9.18 Å². The van der Waals surface area contributed by atoms with Gasteiger partial charge in [-0.15, -0.1) is 0 Å². The molecule has 6 nitrogen and oxygen atoms in total. The van der Waals surface area contributed by atoms with Crippen LogP contribution in [-0.2, 0) is 16.1 Å². The summed E-state index contributed by atoms with van der Waals surface area (Å²) in [5, 5.41) is 0. The number of para-hydroxylation sites is 1. The Balaban J connectivity index is 1.17. The molecular weight excluding hydrogens is 457 g/mol. The molecule has 5 rings (SSSR count). The number of likely N-dealkylation sites (tertiary alicyclic amines) is 1. The average Bonchev–Trinajstić information content (AvgIpc) is 3.11. The van der Waals surface area contributed by atoms with E-state index < -0.39 is 6.10 Å². The highest BCUT2D eigenvalue weighted by Crippen LogP contribution is 2.32. The van der Waals surface area contributed by atoms with Gasteiger partial charge in [0.25, 0.3) is 0 Å². The van der Waals surface area contributed by atoms with Crippen molar-refractivity contribution in [2.45, 2.75) is 44.9 Å². The minimum absolute atomic E-state index is 0.216. The van der Waals surface area contributed by atoms with E-state index in [-0.39, 0.29) is 11.7 Å². The van der Waals surface area contributed by atoms with Gasteiger partial charge in [-0.2, -0.15) is 0 Å². The lowest BCUT2D eigenvalue weighted by Crippen LogP contribution is -2.49. The normalized spacial score (nSPS) is 22.9. The standard InChI is InChI=1S/C29H38FN3O3/c1-22(32-16-18-35-19-17-32)23-10-14-33(15-11-23)29(34)12-13-31-20-24-6-2-5-9-27(24)36-28(21-31)25-7-3-4-8-26(25)30/h2-9,22-23,28H,10-21H2,1H3/t22-,28-/m0/s1. The number of carbonyl (C=O) groups is 1. The number of piperidine rings is 1. The number of ether oxygens (including phenoxy) is 2. The molecule has 0 bridgehead atoms. The van der Waals surface area contributed by atoms with Gasteiger partial charge in [0.2, 0.25) is 5.91 Å². The number of halogens is 1. The summed E-state index contributed by atoms with van der Waals surface area (Å²) in [7, 11) is 0. The summed E-state index contributed by atoms with van der Waals surface area (Å²) in [6, 6.07) is 15.3. The Morgan fingerprint density at radius 2 is 1.75 bits per heavy atom. The van der Waals surface area contributed by atoms with E-state index in [1.165, 1.54) is 6.07 Å². The molecule has 2 saturated heterocycles. The zero-order chi connectivity index (χ0) is 24.9. The summed E-state index contributed by atoms with van der Waals surface area (Å²) in [4.78, 5) is 19.9. The SMILES string of the molecule is C[C@@H](C1CCN(C(=O)CCN2Cc3ccccc3O[C@H](c3ccccc3F)C2)CC1)N1CCOCC1. The largest absolute Gasteiger partial charge is 0.484 e. The highest BCUT2D eigenvalue weighted by atomic mass is 19.1. The van der Waals surface area contributed by atoms with Gasteiger partial charge in [0.05, 0.1) is 13.2 Å². The Hall–Kier alpha value is -2.48. The Kier molecular flexibility index (Phi) is 8.19. The number of carbonyl (C=O) groups excluding carboxylic acids is 1. The van der Waals surface area contributed by atoms with Gasteiger partial charge < -0.3 is 14.4 Å². The Morgan fingerprint density at radius 3 is 2.53 bits per heavy atom. The second kappa shape index (κ2) is 11.7. The van der Waals surface area contributed by atoms with E-state index in [2.05, 4.69) is 16.7 Å². The topological polar surface area (TPSA) is 45.2 Å². The van der Waals surface area contributed by atoms with Crippen LogP contribution in [0.15, 0.2) is 48.5 Å². The van der Waals surface area contributed by atoms with Crippen LogP contribution < -0.4 is 4.74 Å². The van der Waals surface area contributed by atoms with Crippen LogP contribution in [0, 0.1) is 11.7 Å². The second-order valence-corrected chi connectivity index (χ2v) is 10.3. The second-order valence-electron chi connectivity index (χ2n) is 10.3. The van der Waals surface area contributed by atoms with Crippen molar-refractivity contribution in [1.82, 2.24) is 14.7 Å². The highest BCUT2D eigenvalue weighted by Gasteiger charge is 2.31. The first kappa shape index (κ1) is 25.2. The molecule has 3 heterocycles.